The number of aromatic carboxylic acids is 1. The van der Waals surface area contributed by atoms with E-state index in [-0.39, 0.29) is 12.2 Å². The van der Waals surface area contributed by atoms with Crippen LogP contribution in [0.1, 0.15) is 32.7 Å². The van der Waals surface area contributed by atoms with Gasteiger partial charge < -0.3 is 14.8 Å². The van der Waals surface area contributed by atoms with E-state index < -0.39 is 5.97 Å². The molecule has 0 aliphatic carbocycles. The van der Waals surface area contributed by atoms with Gasteiger partial charge in [-0.05, 0) is 31.0 Å². The monoisotopic (exact) mass is 261 g/mol. The van der Waals surface area contributed by atoms with Gasteiger partial charge in [-0.25, -0.2) is 4.79 Å². The Hall–Kier alpha value is -2.14. The first-order chi connectivity index (χ1) is 9.08. The van der Waals surface area contributed by atoms with Crippen molar-refractivity contribution in [2.75, 3.05) is 6.61 Å². The van der Waals surface area contributed by atoms with Crippen LogP contribution >= 0.6 is 0 Å². The van der Waals surface area contributed by atoms with Gasteiger partial charge in [-0.1, -0.05) is 0 Å². The van der Waals surface area contributed by atoms with Crippen LogP contribution in [0.15, 0.2) is 18.3 Å². The minimum Gasteiger partial charge on any atom is -0.478 e. The van der Waals surface area contributed by atoms with Crippen molar-refractivity contribution >= 4 is 23.2 Å². The minimum absolute atomic E-state index is 0.0182. The van der Waals surface area contributed by atoms with Crippen molar-refractivity contribution in [1.29, 1.82) is 0 Å². The van der Waals surface area contributed by atoms with Gasteiger partial charge in [0.25, 0.3) is 0 Å². The lowest BCUT2D eigenvalue weighted by Crippen LogP contribution is -2.04. The van der Waals surface area contributed by atoms with Gasteiger partial charge >= 0.3 is 5.97 Å². The van der Waals surface area contributed by atoms with Crippen LogP contribution in [0, 0.1) is 6.92 Å². The van der Waals surface area contributed by atoms with E-state index in [0.717, 1.165) is 11.8 Å². The molecule has 0 spiro atoms. The number of aldehydes is 1. The Labute approximate surface area is 110 Å². The number of carboxylic acids is 1. The number of carbonyl (C=O) groups excluding carboxylic acids is 1. The van der Waals surface area contributed by atoms with Gasteiger partial charge in [0.05, 0.1) is 11.1 Å². The number of fused-ring (bicyclic) bond motifs is 1. The van der Waals surface area contributed by atoms with Crippen molar-refractivity contribution in [1.82, 2.24) is 4.57 Å². The Kier molecular flexibility index (Phi) is 3.66. The van der Waals surface area contributed by atoms with Crippen LogP contribution in [-0.2, 0) is 6.54 Å². The SMILES string of the molecule is Cc1cc(C(=O)O)c2c(c1)c(C=O)cn2CCCO. The quantitative estimate of drug-likeness (QED) is 0.805. The van der Waals surface area contributed by atoms with E-state index in [4.69, 9.17) is 5.11 Å². The molecule has 0 saturated carbocycles. The number of rotatable bonds is 5. The van der Waals surface area contributed by atoms with Gasteiger partial charge in [-0.3, -0.25) is 4.79 Å². The average Bonchev–Trinajstić information content (AvgIpc) is 2.73. The highest BCUT2D eigenvalue weighted by Gasteiger charge is 2.16. The molecule has 0 saturated heterocycles. The zero-order chi connectivity index (χ0) is 14.0. The Balaban J connectivity index is 2.75. The lowest BCUT2D eigenvalue weighted by molar-refractivity contribution is 0.0698. The summed E-state index contributed by atoms with van der Waals surface area (Å²) in [6.45, 7) is 2.29. The molecule has 0 aliphatic heterocycles. The molecular formula is C14H15NO4. The molecule has 2 rings (SSSR count). The number of aromatic nitrogens is 1. The second kappa shape index (κ2) is 5.24. The van der Waals surface area contributed by atoms with Crippen molar-refractivity contribution in [3.8, 4) is 0 Å². The Morgan fingerprint density at radius 1 is 1.42 bits per heavy atom. The maximum Gasteiger partial charge on any atom is 0.337 e. The fourth-order valence-electron chi connectivity index (χ4n) is 2.28. The zero-order valence-corrected chi connectivity index (χ0v) is 10.6. The summed E-state index contributed by atoms with van der Waals surface area (Å²) in [7, 11) is 0. The lowest BCUT2D eigenvalue weighted by Gasteiger charge is -2.07. The molecule has 0 radical (unpaired) electrons. The third-order valence-electron chi connectivity index (χ3n) is 3.06. The topological polar surface area (TPSA) is 79.5 Å². The highest BCUT2D eigenvalue weighted by molar-refractivity contribution is 6.07. The Morgan fingerprint density at radius 3 is 2.74 bits per heavy atom. The molecule has 2 N–H and O–H groups in total. The first-order valence-electron chi connectivity index (χ1n) is 6.01. The molecule has 2 aromatic rings. The molecule has 0 unspecified atom stereocenters. The first-order valence-corrected chi connectivity index (χ1v) is 6.01. The van der Waals surface area contributed by atoms with Gasteiger partial charge in [0.15, 0.2) is 6.29 Å². The smallest absolute Gasteiger partial charge is 0.337 e. The first kappa shape index (κ1) is 13.3. The molecule has 1 heterocycles. The summed E-state index contributed by atoms with van der Waals surface area (Å²) < 4.78 is 1.72. The van der Waals surface area contributed by atoms with Crippen LogP contribution in [0.25, 0.3) is 10.9 Å². The molecule has 1 aromatic carbocycles. The highest BCUT2D eigenvalue weighted by Crippen LogP contribution is 2.26. The largest absolute Gasteiger partial charge is 0.478 e. The van der Waals surface area contributed by atoms with E-state index in [1.54, 1.807) is 29.8 Å². The number of aliphatic hydroxyl groups is 1. The number of aliphatic hydroxyl groups excluding tert-OH is 1. The van der Waals surface area contributed by atoms with Gasteiger partial charge in [0, 0.05) is 30.3 Å². The fraction of sp³-hybridized carbons (Fsp3) is 0.286. The standard InChI is InChI=1S/C14H15NO4/c1-9-5-11-10(8-17)7-15(3-2-4-16)13(11)12(6-9)14(18)19/h5-8,16H,2-4H2,1H3,(H,18,19). The second-order valence-electron chi connectivity index (χ2n) is 4.49. The molecule has 1 aromatic heterocycles. The van der Waals surface area contributed by atoms with Crippen molar-refractivity contribution < 1.29 is 19.8 Å². The summed E-state index contributed by atoms with van der Waals surface area (Å²) in [5.41, 5.74) is 1.99. The number of carbonyl (C=O) groups is 2. The van der Waals surface area contributed by atoms with Gasteiger partial charge in [0.1, 0.15) is 0 Å². The van der Waals surface area contributed by atoms with Crippen molar-refractivity contribution in [3.05, 3.63) is 35.0 Å². The summed E-state index contributed by atoms with van der Waals surface area (Å²) >= 11 is 0. The van der Waals surface area contributed by atoms with Gasteiger partial charge in [0.2, 0.25) is 0 Å². The Bertz CT molecular complexity index is 642. The third kappa shape index (κ3) is 2.37. The van der Waals surface area contributed by atoms with Crippen molar-refractivity contribution in [2.45, 2.75) is 19.9 Å². The molecule has 0 amide bonds. The molecule has 19 heavy (non-hydrogen) atoms. The maximum atomic E-state index is 11.3. The average molecular weight is 261 g/mol. The summed E-state index contributed by atoms with van der Waals surface area (Å²) in [4.78, 5) is 22.4. The predicted octanol–water partition coefficient (Wildman–Crippen LogP) is 1.84. The molecule has 0 bridgehead atoms. The predicted molar refractivity (Wildman–Crippen MR) is 70.7 cm³/mol. The zero-order valence-electron chi connectivity index (χ0n) is 10.6. The van der Waals surface area contributed by atoms with E-state index >= 15 is 0 Å². The van der Waals surface area contributed by atoms with E-state index in [0.29, 0.717) is 29.4 Å². The van der Waals surface area contributed by atoms with Crippen LogP contribution in [0.4, 0.5) is 0 Å². The molecule has 0 fully saturated rings. The van der Waals surface area contributed by atoms with Gasteiger partial charge in [-0.15, -0.1) is 0 Å². The Morgan fingerprint density at radius 2 is 2.16 bits per heavy atom. The van der Waals surface area contributed by atoms with E-state index in [1.807, 2.05) is 0 Å². The van der Waals surface area contributed by atoms with Crippen LogP contribution < -0.4 is 0 Å². The molecule has 5 heteroatoms. The third-order valence-corrected chi connectivity index (χ3v) is 3.06. The number of nitrogens with zero attached hydrogens (tertiary/aromatic N) is 1. The molecule has 0 atom stereocenters. The van der Waals surface area contributed by atoms with Crippen molar-refractivity contribution in [3.63, 3.8) is 0 Å². The van der Waals surface area contributed by atoms with E-state index in [2.05, 4.69) is 0 Å². The number of hydrogen-bond acceptors (Lipinski definition) is 3. The normalized spacial score (nSPS) is 10.8. The number of carboxylic acid groups (broad SMARTS) is 1. The summed E-state index contributed by atoms with van der Waals surface area (Å²) in [5, 5.41) is 18.8. The van der Waals surface area contributed by atoms with E-state index in [9.17, 15) is 14.7 Å². The molecule has 100 valence electrons. The number of aryl methyl sites for hydroxylation is 2. The summed E-state index contributed by atoms with van der Waals surface area (Å²) in [6.07, 6.45) is 2.87. The second-order valence-corrected chi connectivity index (χ2v) is 4.49. The van der Waals surface area contributed by atoms with Crippen molar-refractivity contribution in [2.24, 2.45) is 0 Å². The van der Waals surface area contributed by atoms with Crippen LogP contribution in [-0.4, -0.2) is 33.6 Å². The fourth-order valence-corrected chi connectivity index (χ4v) is 2.28. The summed E-state index contributed by atoms with van der Waals surface area (Å²) in [5.74, 6) is -1.02. The number of benzene rings is 1. The van der Waals surface area contributed by atoms with Crippen LogP contribution in [0.5, 0.6) is 0 Å². The van der Waals surface area contributed by atoms with E-state index in [1.165, 1.54) is 0 Å². The van der Waals surface area contributed by atoms with Gasteiger partial charge in [-0.2, -0.15) is 0 Å². The highest BCUT2D eigenvalue weighted by atomic mass is 16.4. The molecular weight excluding hydrogens is 246 g/mol. The lowest BCUT2D eigenvalue weighted by atomic mass is 10.1. The molecule has 5 nitrogen and oxygen atoms in total. The number of hydrogen-bond donors (Lipinski definition) is 2. The maximum absolute atomic E-state index is 11.3. The van der Waals surface area contributed by atoms with Crippen LogP contribution in [0.3, 0.4) is 0 Å². The molecule has 0 aliphatic rings. The minimum atomic E-state index is -1.02. The van der Waals surface area contributed by atoms with Crippen LogP contribution in [0.2, 0.25) is 0 Å². The summed E-state index contributed by atoms with van der Waals surface area (Å²) in [6, 6.07) is 3.40.